The van der Waals surface area contributed by atoms with E-state index in [0.29, 0.717) is 0 Å². The van der Waals surface area contributed by atoms with Crippen LogP contribution in [0.2, 0.25) is 0 Å². The summed E-state index contributed by atoms with van der Waals surface area (Å²) in [5.41, 5.74) is 5.88. The van der Waals surface area contributed by atoms with Crippen LogP contribution >= 0.6 is 0 Å². The first-order valence-electron chi connectivity index (χ1n) is 5.46. The van der Waals surface area contributed by atoms with Crippen LogP contribution in [0.15, 0.2) is 48.6 Å². The van der Waals surface area contributed by atoms with Crippen LogP contribution in [0, 0.1) is 5.82 Å². The molecule has 2 nitrogen and oxygen atoms in total. The molecule has 88 valence electrons. The number of Topliss-reactive ketones (excluding diaryl/α,β-unsaturated/α-hetero) is 1. The molecule has 0 heterocycles. The van der Waals surface area contributed by atoms with Crippen LogP contribution in [0.1, 0.15) is 12.5 Å². The Morgan fingerprint density at radius 1 is 1.29 bits per heavy atom. The summed E-state index contributed by atoms with van der Waals surface area (Å²) in [6, 6.07) is 5.49. The maximum atomic E-state index is 12.9. The fraction of sp³-hybridized carbons (Fsp3) is 0.214. The molecule has 0 fully saturated rings. The number of halogens is 1. The standard InChI is InChI=1S/C14H14FNO/c1-10(17)14(9-3-2-4-13(14)16)11-5-7-12(15)8-6-11/h2-9,13H,16H2,1H3. The molecule has 0 saturated heterocycles. The third-order valence-corrected chi connectivity index (χ3v) is 3.22. The van der Waals surface area contributed by atoms with E-state index in [2.05, 4.69) is 0 Å². The molecule has 2 atom stereocenters. The Kier molecular flexibility index (Phi) is 2.94. The maximum absolute atomic E-state index is 12.9. The van der Waals surface area contributed by atoms with E-state index in [9.17, 15) is 9.18 Å². The van der Waals surface area contributed by atoms with Gasteiger partial charge in [-0.15, -0.1) is 0 Å². The zero-order valence-electron chi connectivity index (χ0n) is 9.56. The minimum absolute atomic E-state index is 0.0443. The van der Waals surface area contributed by atoms with E-state index in [4.69, 9.17) is 5.73 Å². The Morgan fingerprint density at radius 2 is 1.94 bits per heavy atom. The number of benzene rings is 1. The predicted molar refractivity (Wildman–Crippen MR) is 65.0 cm³/mol. The van der Waals surface area contributed by atoms with E-state index in [-0.39, 0.29) is 11.6 Å². The summed E-state index contributed by atoms with van der Waals surface area (Å²) < 4.78 is 12.9. The van der Waals surface area contributed by atoms with Gasteiger partial charge in [0.05, 0.1) is 5.41 Å². The van der Waals surface area contributed by atoms with E-state index < -0.39 is 11.5 Å². The first-order valence-corrected chi connectivity index (χ1v) is 5.46. The van der Waals surface area contributed by atoms with Crippen molar-refractivity contribution in [1.29, 1.82) is 0 Å². The fourth-order valence-corrected chi connectivity index (χ4v) is 2.22. The van der Waals surface area contributed by atoms with Gasteiger partial charge in [0.1, 0.15) is 11.6 Å². The van der Waals surface area contributed by atoms with E-state index in [1.807, 2.05) is 6.08 Å². The van der Waals surface area contributed by atoms with Gasteiger partial charge in [0.25, 0.3) is 0 Å². The van der Waals surface area contributed by atoms with Gasteiger partial charge in [-0.1, -0.05) is 36.4 Å². The van der Waals surface area contributed by atoms with Gasteiger partial charge in [-0.3, -0.25) is 4.79 Å². The number of hydrogen-bond donors (Lipinski definition) is 1. The van der Waals surface area contributed by atoms with E-state index in [1.54, 1.807) is 30.4 Å². The predicted octanol–water partition coefficient (Wildman–Crippen LogP) is 2.11. The normalized spacial score (nSPS) is 27.1. The molecule has 0 amide bonds. The quantitative estimate of drug-likeness (QED) is 0.847. The number of carbonyl (C=O) groups is 1. The number of hydrogen-bond acceptors (Lipinski definition) is 2. The Labute approximate surface area is 99.6 Å². The molecule has 2 rings (SSSR count). The van der Waals surface area contributed by atoms with Crippen LogP contribution in [0.3, 0.4) is 0 Å². The molecule has 0 saturated carbocycles. The Morgan fingerprint density at radius 3 is 2.47 bits per heavy atom. The summed E-state index contributed by atoms with van der Waals surface area (Å²) >= 11 is 0. The molecule has 1 aromatic rings. The first kappa shape index (κ1) is 11.7. The lowest BCUT2D eigenvalue weighted by atomic mass is 9.69. The van der Waals surface area contributed by atoms with Crippen molar-refractivity contribution in [1.82, 2.24) is 0 Å². The summed E-state index contributed by atoms with van der Waals surface area (Å²) in [6.07, 6.45) is 7.18. The van der Waals surface area contributed by atoms with Crippen molar-refractivity contribution in [3.8, 4) is 0 Å². The summed E-state index contributed by atoms with van der Waals surface area (Å²) in [5, 5.41) is 0. The monoisotopic (exact) mass is 231 g/mol. The summed E-state index contributed by atoms with van der Waals surface area (Å²) in [4.78, 5) is 12.0. The molecule has 1 aromatic carbocycles. The molecular formula is C14H14FNO. The van der Waals surface area contributed by atoms with E-state index in [0.717, 1.165) is 5.56 Å². The molecule has 17 heavy (non-hydrogen) atoms. The van der Waals surface area contributed by atoms with Crippen LogP contribution in [-0.4, -0.2) is 11.8 Å². The van der Waals surface area contributed by atoms with Crippen LogP contribution in [0.4, 0.5) is 4.39 Å². The average molecular weight is 231 g/mol. The van der Waals surface area contributed by atoms with Gasteiger partial charge in [0.15, 0.2) is 0 Å². The maximum Gasteiger partial charge on any atom is 0.146 e. The molecule has 3 heteroatoms. The first-order chi connectivity index (χ1) is 8.07. The highest BCUT2D eigenvalue weighted by atomic mass is 19.1. The average Bonchev–Trinajstić information content (AvgIpc) is 2.31. The highest BCUT2D eigenvalue weighted by Crippen LogP contribution is 2.33. The molecule has 0 aromatic heterocycles. The topological polar surface area (TPSA) is 43.1 Å². The minimum atomic E-state index is -0.873. The zero-order valence-corrected chi connectivity index (χ0v) is 9.56. The molecular weight excluding hydrogens is 217 g/mol. The Balaban J connectivity index is 2.56. The van der Waals surface area contributed by atoms with Crippen LogP contribution < -0.4 is 5.73 Å². The van der Waals surface area contributed by atoms with Crippen molar-refractivity contribution in [3.63, 3.8) is 0 Å². The largest absolute Gasteiger partial charge is 0.323 e. The van der Waals surface area contributed by atoms with Gasteiger partial charge in [0.2, 0.25) is 0 Å². The van der Waals surface area contributed by atoms with Crippen LogP contribution in [-0.2, 0) is 10.2 Å². The van der Waals surface area contributed by atoms with E-state index >= 15 is 0 Å². The van der Waals surface area contributed by atoms with Crippen molar-refractivity contribution >= 4 is 5.78 Å². The van der Waals surface area contributed by atoms with Crippen molar-refractivity contribution in [2.24, 2.45) is 5.73 Å². The van der Waals surface area contributed by atoms with Gasteiger partial charge in [0, 0.05) is 6.04 Å². The smallest absolute Gasteiger partial charge is 0.146 e. The fourth-order valence-electron chi connectivity index (χ4n) is 2.22. The molecule has 1 aliphatic rings. The number of nitrogens with two attached hydrogens (primary N) is 1. The molecule has 2 N–H and O–H groups in total. The number of rotatable bonds is 2. The van der Waals surface area contributed by atoms with Gasteiger partial charge in [-0.05, 0) is 24.6 Å². The third kappa shape index (κ3) is 1.83. The summed E-state index contributed by atoms with van der Waals surface area (Å²) in [7, 11) is 0. The van der Waals surface area contributed by atoms with E-state index in [1.165, 1.54) is 19.1 Å². The third-order valence-electron chi connectivity index (χ3n) is 3.22. The minimum Gasteiger partial charge on any atom is -0.323 e. The Bertz CT molecular complexity index is 489. The van der Waals surface area contributed by atoms with Gasteiger partial charge >= 0.3 is 0 Å². The summed E-state index contributed by atoms with van der Waals surface area (Å²) in [5.74, 6) is -0.367. The molecule has 0 aliphatic heterocycles. The van der Waals surface area contributed by atoms with Crippen molar-refractivity contribution in [2.75, 3.05) is 0 Å². The number of carbonyl (C=O) groups excluding carboxylic acids is 1. The van der Waals surface area contributed by atoms with Gasteiger partial charge in [-0.2, -0.15) is 0 Å². The number of ketones is 1. The Hall–Kier alpha value is -1.74. The van der Waals surface area contributed by atoms with Crippen LogP contribution in [0.25, 0.3) is 0 Å². The van der Waals surface area contributed by atoms with Gasteiger partial charge in [-0.25, -0.2) is 4.39 Å². The molecule has 1 aliphatic carbocycles. The molecule has 0 spiro atoms. The van der Waals surface area contributed by atoms with Crippen molar-refractivity contribution < 1.29 is 9.18 Å². The SMILES string of the molecule is CC(=O)C1(c2ccc(F)cc2)C=CC=CC1N. The van der Waals surface area contributed by atoms with Gasteiger partial charge < -0.3 is 5.73 Å². The molecule has 0 bridgehead atoms. The molecule has 0 radical (unpaired) electrons. The van der Waals surface area contributed by atoms with Crippen molar-refractivity contribution in [2.45, 2.75) is 18.4 Å². The van der Waals surface area contributed by atoms with Crippen LogP contribution in [0.5, 0.6) is 0 Å². The highest BCUT2D eigenvalue weighted by Gasteiger charge is 2.40. The lowest BCUT2D eigenvalue weighted by Crippen LogP contribution is -2.48. The lowest BCUT2D eigenvalue weighted by Gasteiger charge is -2.34. The second-order valence-corrected chi connectivity index (χ2v) is 4.20. The second kappa shape index (κ2) is 4.26. The molecule has 2 unspecified atom stereocenters. The summed E-state index contributed by atoms with van der Waals surface area (Å²) in [6.45, 7) is 1.51. The second-order valence-electron chi connectivity index (χ2n) is 4.20. The highest BCUT2D eigenvalue weighted by molar-refractivity contribution is 5.92. The van der Waals surface area contributed by atoms with Crippen molar-refractivity contribution in [3.05, 3.63) is 60.0 Å². The zero-order chi connectivity index (χ0) is 12.5. The number of allylic oxidation sites excluding steroid dienone is 2. The lowest BCUT2D eigenvalue weighted by molar-refractivity contribution is -0.121.